The number of nitrogens with one attached hydrogen (secondary N) is 2. The summed E-state index contributed by atoms with van der Waals surface area (Å²) in [5.74, 6) is 0.914. The van der Waals surface area contributed by atoms with E-state index >= 15 is 0 Å². The minimum atomic E-state index is 0.320. The lowest BCUT2D eigenvalue weighted by Crippen LogP contribution is -2.06. The van der Waals surface area contributed by atoms with Gasteiger partial charge in [0, 0.05) is 34.2 Å². The topological polar surface area (TPSA) is 37.0 Å². The molecule has 0 aromatic carbocycles. The number of hydrogen-bond donors (Lipinski definition) is 2. The Balaban J connectivity index is 2.06. The van der Waals surface area contributed by atoms with Crippen LogP contribution in [-0.2, 0) is 0 Å². The average molecular weight is 261 g/mol. The molecule has 0 radical (unpaired) electrons. The van der Waals surface area contributed by atoms with Crippen LogP contribution in [0.4, 0.5) is 11.5 Å². The maximum atomic E-state index is 4.26. The number of pyridine rings is 1. The molecule has 0 saturated carbocycles. The summed E-state index contributed by atoms with van der Waals surface area (Å²) in [6, 6.07) is 8.71. The van der Waals surface area contributed by atoms with Crippen molar-refractivity contribution in [1.82, 2.24) is 4.98 Å². The van der Waals surface area contributed by atoms with E-state index < -0.39 is 0 Å². The van der Waals surface area contributed by atoms with E-state index in [9.17, 15) is 0 Å². The third-order valence-corrected chi connectivity index (χ3v) is 3.87. The van der Waals surface area contributed by atoms with E-state index in [-0.39, 0.29) is 0 Å². The number of nitrogens with zero attached hydrogens (tertiary/aromatic N) is 1. The Morgan fingerprint density at radius 1 is 1.33 bits per heavy atom. The largest absolute Gasteiger partial charge is 0.378 e. The van der Waals surface area contributed by atoms with Gasteiger partial charge in [0.1, 0.15) is 5.82 Å². The summed E-state index contributed by atoms with van der Waals surface area (Å²) in [5, 5.41) is 6.72. The van der Waals surface area contributed by atoms with Crippen molar-refractivity contribution in [3.8, 4) is 0 Å². The van der Waals surface area contributed by atoms with Gasteiger partial charge >= 0.3 is 0 Å². The first kappa shape index (κ1) is 12.9. The number of thiophene rings is 1. The summed E-state index contributed by atoms with van der Waals surface area (Å²) in [5.41, 5.74) is 1.10. The van der Waals surface area contributed by atoms with Gasteiger partial charge in [-0.25, -0.2) is 4.98 Å². The predicted molar refractivity (Wildman–Crippen MR) is 79.5 cm³/mol. The van der Waals surface area contributed by atoms with Crippen molar-refractivity contribution in [3.63, 3.8) is 0 Å². The fourth-order valence-corrected chi connectivity index (χ4v) is 2.69. The molecule has 3 nitrogen and oxygen atoms in total. The van der Waals surface area contributed by atoms with Gasteiger partial charge in [0.25, 0.3) is 0 Å². The van der Waals surface area contributed by atoms with Crippen molar-refractivity contribution < 1.29 is 0 Å². The Labute approximate surface area is 112 Å². The Hall–Kier alpha value is -1.55. The molecule has 0 saturated heterocycles. The Kier molecular flexibility index (Phi) is 4.20. The van der Waals surface area contributed by atoms with Crippen molar-refractivity contribution in [3.05, 3.63) is 40.2 Å². The fraction of sp³-hybridized carbons (Fsp3) is 0.357. The number of aromatic nitrogens is 1. The molecule has 1 atom stereocenters. The van der Waals surface area contributed by atoms with Crippen LogP contribution in [0.15, 0.2) is 30.5 Å². The molecule has 2 heterocycles. The second-order valence-corrected chi connectivity index (χ2v) is 5.59. The molecule has 0 aliphatic heterocycles. The highest BCUT2D eigenvalue weighted by atomic mass is 32.1. The number of rotatable bonds is 5. The first-order valence-corrected chi connectivity index (χ1v) is 7.03. The van der Waals surface area contributed by atoms with Crippen LogP contribution >= 0.6 is 11.3 Å². The van der Waals surface area contributed by atoms with Gasteiger partial charge in [-0.15, -0.1) is 11.3 Å². The van der Waals surface area contributed by atoms with Crippen LogP contribution in [-0.4, -0.2) is 11.5 Å². The second kappa shape index (κ2) is 5.87. The van der Waals surface area contributed by atoms with Crippen LogP contribution in [0.5, 0.6) is 0 Å². The summed E-state index contributed by atoms with van der Waals surface area (Å²) in [4.78, 5) is 6.97. The minimum absolute atomic E-state index is 0.320. The van der Waals surface area contributed by atoms with Gasteiger partial charge in [0.2, 0.25) is 0 Å². The number of anilines is 2. The van der Waals surface area contributed by atoms with Crippen LogP contribution in [0.1, 0.15) is 29.6 Å². The van der Waals surface area contributed by atoms with E-state index in [1.165, 1.54) is 9.75 Å². The zero-order chi connectivity index (χ0) is 13.0. The van der Waals surface area contributed by atoms with Crippen LogP contribution in [0.25, 0.3) is 0 Å². The fourth-order valence-electron chi connectivity index (χ4n) is 1.81. The van der Waals surface area contributed by atoms with Crippen LogP contribution < -0.4 is 10.6 Å². The van der Waals surface area contributed by atoms with Gasteiger partial charge in [-0.2, -0.15) is 0 Å². The molecule has 0 fully saturated rings. The Morgan fingerprint density at radius 2 is 2.17 bits per heavy atom. The van der Waals surface area contributed by atoms with E-state index in [0.29, 0.717) is 6.04 Å². The van der Waals surface area contributed by atoms with Crippen LogP contribution in [0, 0.1) is 6.92 Å². The molecule has 2 N–H and O–H groups in total. The van der Waals surface area contributed by atoms with Gasteiger partial charge in [0.15, 0.2) is 0 Å². The van der Waals surface area contributed by atoms with E-state index in [4.69, 9.17) is 0 Å². The minimum Gasteiger partial charge on any atom is -0.378 e. The monoisotopic (exact) mass is 261 g/mol. The van der Waals surface area contributed by atoms with E-state index in [1.807, 2.05) is 29.7 Å². The molecular formula is C14H19N3S. The van der Waals surface area contributed by atoms with E-state index in [2.05, 4.69) is 48.5 Å². The quantitative estimate of drug-likeness (QED) is 0.852. The van der Waals surface area contributed by atoms with Crippen molar-refractivity contribution in [2.45, 2.75) is 26.8 Å². The number of hydrogen-bond acceptors (Lipinski definition) is 4. The molecule has 0 bridgehead atoms. The van der Waals surface area contributed by atoms with Crippen LogP contribution in [0.3, 0.4) is 0 Å². The van der Waals surface area contributed by atoms with Gasteiger partial charge in [-0.3, -0.25) is 0 Å². The Morgan fingerprint density at radius 3 is 2.83 bits per heavy atom. The molecule has 4 heteroatoms. The SMILES string of the molecule is CCNc1cc(NC(C)c2ccc(C)s2)ccn1. The summed E-state index contributed by atoms with van der Waals surface area (Å²) in [6.45, 7) is 7.27. The maximum absolute atomic E-state index is 4.26. The summed E-state index contributed by atoms with van der Waals surface area (Å²) >= 11 is 1.84. The standard InChI is InChI=1S/C14H19N3S/c1-4-15-14-9-12(7-8-16-14)17-11(3)13-6-5-10(2)18-13/h5-9,11H,4H2,1-3H3,(H2,15,16,17). The lowest BCUT2D eigenvalue weighted by Gasteiger charge is -2.14. The summed E-state index contributed by atoms with van der Waals surface area (Å²) in [6.07, 6.45) is 1.83. The van der Waals surface area contributed by atoms with Gasteiger partial charge in [-0.05, 0) is 39.0 Å². The lowest BCUT2D eigenvalue weighted by molar-refractivity contribution is 0.907. The molecule has 2 aromatic rings. The molecule has 18 heavy (non-hydrogen) atoms. The zero-order valence-corrected chi connectivity index (χ0v) is 11.8. The molecule has 0 aliphatic rings. The number of aryl methyl sites for hydroxylation is 1. The highest BCUT2D eigenvalue weighted by molar-refractivity contribution is 7.12. The molecule has 0 amide bonds. The smallest absolute Gasteiger partial charge is 0.127 e. The first-order chi connectivity index (χ1) is 8.69. The highest BCUT2D eigenvalue weighted by Gasteiger charge is 2.07. The average Bonchev–Trinajstić information content (AvgIpc) is 2.77. The molecule has 2 rings (SSSR count). The van der Waals surface area contributed by atoms with Gasteiger partial charge in [-0.1, -0.05) is 0 Å². The maximum Gasteiger partial charge on any atom is 0.127 e. The van der Waals surface area contributed by atoms with Crippen LogP contribution in [0.2, 0.25) is 0 Å². The third-order valence-electron chi connectivity index (χ3n) is 2.69. The van der Waals surface area contributed by atoms with Gasteiger partial charge in [0.05, 0.1) is 6.04 Å². The van der Waals surface area contributed by atoms with Crippen molar-refractivity contribution in [2.24, 2.45) is 0 Å². The molecule has 96 valence electrons. The van der Waals surface area contributed by atoms with Gasteiger partial charge < -0.3 is 10.6 Å². The van der Waals surface area contributed by atoms with E-state index in [1.54, 1.807) is 0 Å². The van der Waals surface area contributed by atoms with Crippen molar-refractivity contribution in [2.75, 3.05) is 17.2 Å². The molecule has 2 aromatic heterocycles. The normalized spacial score (nSPS) is 12.2. The third kappa shape index (κ3) is 3.23. The Bertz CT molecular complexity index is 507. The molecule has 1 unspecified atom stereocenters. The second-order valence-electron chi connectivity index (χ2n) is 4.27. The van der Waals surface area contributed by atoms with Crippen molar-refractivity contribution >= 4 is 22.8 Å². The van der Waals surface area contributed by atoms with E-state index in [0.717, 1.165) is 18.1 Å². The highest BCUT2D eigenvalue weighted by Crippen LogP contribution is 2.26. The molecular weight excluding hydrogens is 242 g/mol. The molecule has 0 spiro atoms. The summed E-state index contributed by atoms with van der Waals surface area (Å²) in [7, 11) is 0. The lowest BCUT2D eigenvalue weighted by atomic mass is 10.2. The first-order valence-electron chi connectivity index (χ1n) is 6.22. The zero-order valence-electron chi connectivity index (χ0n) is 11.0. The van der Waals surface area contributed by atoms with Crippen molar-refractivity contribution in [1.29, 1.82) is 0 Å². The predicted octanol–water partition coefficient (Wildman–Crippen LogP) is 4.06. The molecule has 0 aliphatic carbocycles. The summed E-state index contributed by atoms with van der Waals surface area (Å²) < 4.78 is 0.